The fourth-order valence-corrected chi connectivity index (χ4v) is 4.81. The molecule has 3 heterocycles. The smallest absolute Gasteiger partial charge is 0.251 e. The Bertz CT molecular complexity index is 1260. The summed E-state index contributed by atoms with van der Waals surface area (Å²) in [5, 5.41) is 3.01. The van der Waals surface area contributed by atoms with Gasteiger partial charge >= 0.3 is 0 Å². The van der Waals surface area contributed by atoms with Gasteiger partial charge in [-0.1, -0.05) is 24.3 Å². The molecule has 0 aliphatic carbocycles. The van der Waals surface area contributed by atoms with E-state index in [1.807, 2.05) is 42.5 Å². The molecule has 0 unspecified atom stereocenters. The molecular weight excluding hydrogens is 458 g/mol. The van der Waals surface area contributed by atoms with Crippen molar-refractivity contribution in [2.24, 2.45) is 0 Å². The highest BCUT2D eigenvalue weighted by Gasteiger charge is 2.20. The Kier molecular flexibility index (Phi) is 6.36. The van der Waals surface area contributed by atoms with Gasteiger partial charge in [0.2, 0.25) is 13.6 Å². The van der Waals surface area contributed by atoms with Crippen molar-refractivity contribution in [3.05, 3.63) is 82.9 Å². The number of ether oxygens (including phenoxy) is 4. The van der Waals surface area contributed by atoms with Crippen LogP contribution in [-0.2, 0) is 19.6 Å². The summed E-state index contributed by atoms with van der Waals surface area (Å²) < 4.78 is 21.7. The monoisotopic (exact) mass is 487 g/mol. The molecule has 3 aliphatic rings. The molecule has 186 valence electrons. The van der Waals surface area contributed by atoms with E-state index in [0.29, 0.717) is 18.9 Å². The summed E-state index contributed by atoms with van der Waals surface area (Å²) in [7, 11) is 0. The van der Waals surface area contributed by atoms with Crippen molar-refractivity contribution in [3.8, 4) is 23.0 Å². The van der Waals surface area contributed by atoms with Gasteiger partial charge in [0.15, 0.2) is 23.0 Å². The Labute approximate surface area is 210 Å². The zero-order valence-electron chi connectivity index (χ0n) is 20.1. The Morgan fingerprint density at radius 2 is 1.22 bits per heavy atom. The maximum Gasteiger partial charge on any atom is 0.251 e. The first-order valence-corrected chi connectivity index (χ1v) is 12.3. The summed E-state index contributed by atoms with van der Waals surface area (Å²) in [6.07, 6.45) is 0. The number of amides is 1. The number of benzene rings is 3. The summed E-state index contributed by atoms with van der Waals surface area (Å²) in [6.45, 7) is 6.72. The molecule has 0 atom stereocenters. The molecule has 0 aromatic heterocycles. The second-order valence-electron chi connectivity index (χ2n) is 9.31. The van der Waals surface area contributed by atoms with E-state index in [2.05, 4.69) is 33.3 Å². The molecule has 6 rings (SSSR count). The molecular formula is C28H29N3O5. The third kappa shape index (κ3) is 5.10. The normalized spacial score (nSPS) is 16.8. The van der Waals surface area contributed by atoms with E-state index < -0.39 is 0 Å². The first-order valence-electron chi connectivity index (χ1n) is 12.3. The summed E-state index contributed by atoms with van der Waals surface area (Å²) in [5.74, 6) is 3.05. The Morgan fingerprint density at radius 1 is 0.667 bits per heavy atom. The number of nitrogens with one attached hydrogen (secondary N) is 1. The van der Waals surface area contributed by atoms with Crippen LogP contribution in [0.25, 0.3) is 0 Å². The van der Waals surface area contributed by atoms with E-state index >= 15 is 0 Å². The molecule has 3 aromatic rings. The van der Waals surface area contributed by atoms with Crippen LogP contribution in [-0.4, -0.2) is 55.5 Å². The molecule has 8 heteroatoms. The molecule has 1 amide bonds. The molecule has 0 radical (unpaired) electrons. The van der Waals surface area contributed by atoms with Gasteiger partial charge in [0.25, 0.3) is 5.91 Å². The first kappa shape index (κ1) is 22.7. The van der Waals surface area contributed by atoms with Gasteiger partial charge in [-0.2, -0.15) is 0 Å². The minimum Gasteiger partial charge on any atom is -0.454 e. The number of rotatable bonds is 7. The van der Waals surface area contributed by atoms with Crippen molar-refractivity contribution in [2.45, 2.75) is 19.6 Å². The molecule has 1 saturated heterocycles. The lowest BCUT2D eigenvalue weighted by Gasteiger charge is -2.34. The summed E-state index contributed by atoms with van der Waals surface area (Å²) >= 11 is 0. The van der Waals surface area contributed by atoms with Crippen molar-refractivity contribution in [2.75, 3.05) is 39.8 Å². The molecule has 8 nitrogen and oxygen atoms in total. The van der Waals surface area contributed by atoms with Crippen LogP contribution in [0.2, 0.25) is 0 Å². The number of fused-ring (bicyclic) bond motifs is 2. The average Bonchev–Trinajstić information content (AvgIpc) is 3.57. The number of carbonyl (C=O) groups excluding carboxylic acids is 1. The van der Waals surface area contributed by atoms with Crippen molar-refractivity contribution in [1.82, 2.24) is 15.1 Å². The molecule has 1 fully saturated rings. The lowest BCUT2D eigenvalue weighted by atomic mass is 10.1. The lowest BCUT2D eigenvalue weighted by Crippen LogP contribution is -2.45. The largest absolute Gasteiger partial charge is 0.454 e. The van der Waals surface area contributed by atoms with E-state index in [4.69, 9.17) is 18.9 Å². The van der Waals surface area contributed by atoms with Gasteiger partial charge in [0.05, 0.1) is 0 Å². The summed E-state index contributed by atoms with van der Waals surface area (Å²) in [6, 6.07) is 19.8. The van der Waals surface area contributed by atoms with Crippen LogP contribution in [0.1, 0.15) is 27.0 Å². The SMILES string of the molecule is O=C(NCc1ccc2c(c1)OCO2)c1cccc(CN2CCN(Cc3ccc4c(c3)OCO4)CC2)c1. The molecule has 3 aliphatic heterocycles. The summed E-state index contributed by atoms with van der Waals surface area (Å²) in [4.78, 5) is 17.7. The molecule has 0 saturated carbocycles. The van der Waals surface area contributed by atoms with Gasteiger partial charge in [-0.15, -0.1) is 0 Å². The quantitative estimate of drug-likeness (QED) is 0.548. The Balaban J connectivity index is 0.990. The van der Waals surface area contributed by atoms with E-state index in [1.165, 1.54) is 5.56 Å². The predicted molar refractivity (Wildman–Crippen MR) is 133 cm³/mol. The highest BCUT2D eigenvalue weighted by Crippen LogP contribution is 2.33. The van der Waals surface area contributed by atoms with Crippen LogP contribution in [0.4, 0.5) is 0 Å². The van der Waals surface area contributed by atoms with Gasteiger partial charge < -0.3 is 24.3 Å². The number of hydrogen-bond acceptors (Lipinski definition) is 7. The zero-order chi connectivity index (χ0) is 24.3. The maximum atomic E-state index is 12.8. The second kappa shape index (κ2) is 10.1. The second-order valence-corrected chi connectivity index (χ2v) is 9.31. The molecule has 0 bridgehead atoms. The lowest BCUT2D eigenvalue weighted by molar-refractivity contribution is 0.0950. The van der Waals surface area contributed by atoms with Crippen molar-refractivity contribution in [3.63, 3.8) is 0 Å². The summed E-state index contributed by atoms with van der Waals surface area (Å²) in [5.41, 5.74) is 4.04. The van der Waals surface area contributed by atoms with Gasteiger partial charge in [0, 0.05) is 51.4 Å². The predicted octanol–water partition coefficient (Wildman–Crippen LogP) is 3.39. The third-order valence-electron chi connectivity index (χ3n) is 6.79. The average molecular weight is 488 g/mol. The molecule has 0 spiro atoms. The van der Waals surface area contributed by atoms with Crippen LogP contribution in [0.5, 0.6) is 23.0 Å². The van der Waals surface area contributed by atoms with E-state index in [-0.39, 0.29) is 12.7 Å². The van der Waals surface area contributed by atoms with Gasteiger partial charge in [-0.25, -0.2) is 0 Å². The molecule has 3 aromatic carbocycles. The highest BCUT2D eigenvalue weighted by atomic mass is 16.7. The van der Waals surface area contributed by atoms with Gasteiger partial charge in [-0.05, 0) is 53.1 Å². The van der Waals surface area contributed by atoms with Crippen molar-refractivity contribution < 1.29 is 23.7 Å². The van der Waals surface area contributed by atoms with E-state index in [0.717, 1.165) is 73.4 Å². The highest BCUT2D eigenvalue weighted by molar-refractivity contribution is 5.94. The topological polar surface area (TPSA) is 72.5 Å². The molecule has 36 heavy (non-hydrogen) atoms. The van der Waals surface area contributed by atoms with E-state index in [9.17, 15) is 4.79 Å². The number of carbonyl (C=O) groups is 1. The number of nitrogens with zero attached hydrogens (tertiary/aromatic N) is 2. The molecule has 1 N–H and O–H groups in total. The van der Waals surface area contributed by atoms with Crippen LogP contribution >= 0.6 is 0 Å². The Morgan fingerprint density at radius 3 is 1.89 bits per heavy atom. The van der Waals surface area contributed by atoms with Crippen LogP contribution in [0.15, 0.2) is 60.7 Å². The minimum absolute atomic E-state index is 0.0805. The maximum absolute atomic E-state index is 12.8. The van der Waals surface area contributed by atoms with Gasteiger partial charge in [-0.3, -0.25) is 14.6 Å². The zero-order valence-corrected chi connectivity index (χ0v) is 20.1. The number of hydrogen-bond donors (Lipinski definition) is 1. The van der Waals surface area contributed by atoms with E-state index in [1.54, 1.807) is 0 Å². The third-order valence-corrected chi connectivity index (χ3v) is 6.79. The fraction of sp³-hybridized carbons (Fsp3) is 0.321. The standard InChI is InChI=1S/C28H29N3O5/c32-28(29-15-20-4-6-24-26(13-20)35-18-33-24)23-3-1-2-21(12-23)16-30-8-10-31(11-9-30)17-22-5-7-25-27(14-22)36-19-34-25/h1-7,12-14H,8-11,15-19H2,(H,29,32). The first-order chi connectivity index (χ1) is 17.7. The number of piperazine rings is 1. The minimum atomic E-state index is -0.0805. The fourth-order valence-electron chi connectivity index (χ4n) is 4.81. The van der Waals surface area contributed by atoms with Crippen molar-refractivity contribution in [1.29, 1.82) is 0 Å². The Hall–Kier alpha value is -3.75. The van der Waals surface area contributed by atoms with Gasteiger partial charge in [0.1, 0.15) is 0 Å². The van der Waals surface area contributed by atoms with Crippen LogP contribution in [0, 0.1) is 0 Å². The van der Waals surface area contributed by atoms with Crippen LogP contribution < -0.4 is 24.3 Å². The van der Waals surface area contributed by atoms with Crippen molar-refractivity contribution >= 4 is 5.91 Å². The van der Waals surface area contributed by atoms with Crippen LogP contribution in [0.3, 0.4) is 0 Å².